The van der Waals surface area contributed by atoms with E-state index in [1.807, 2.05) is 6.20 Å². The van der Waals surface area contributed by atoms with Crippen molar-refractivity contribution in [3.8, 4) is 0 Å². The second kappa shape index (κ2) is 4.93. The van der Waals surface area contributed by atoms with Crippen LogP contribution in [0.5, 0.6) is 0 Å². The summed E-state index contributed by atoms with van der Waals surface area (Å²) in [7, 11) is 0. The van der Waals surface area contributed by atoms with E-state index in [0.29, 0.717) is 18.5 Å². The number of rotatable bonds is 6. The molecule has 106 valence electrons. The summed E-state index contributed by atoms with van der Waals surface area (Å²) < 4.78 is 5.29. The second-order valence-corrected chi connectivity index (χ2v) is 7.09. The van der Waals surface area contributed by atoms with E-state index in [2.05, 4.69) is 27.4 Å². The number of hydrogen-bond acceptors (Lipinski definition) is 6. The van der Waals surface area contributed by atoms with Crippen molar-refractivity contribution in [1.29, 1.82) is 0 Å². The number of aromatic nitrogens is 3. The zero-order valence-electron chi connectivity index (χ0n) is 11.5. The zero-order valence-corrected chi connectivity index (χ0v) is 12.3. The first-order valence-electron chi connectivity index (χ1n) is 7.28. The SMILES string of the molecule is Cc1cnc([C@@H](NCc2noc(C3CC3)n2)C2CC2)s1. The van der Waals surface area contributed by atoms with Crippen LogP contribution in [0.15, 0.2) is 10.7 Å². The maximum absolute atomic E-state index is 5.29. The highest BCUT2D eigenvalue weighted by molar-refractivity contribution is 7.11. The molecule has 1 N–H and O–H groups in total. The Balaban J connectivity index is 1.42. The summed E-state index contributed by atoms with van der Waals surface area (Å²) in [5.74, 6) is 2.83. The van der Waals surface area contributed by atoms with Crippen LogP contribution in [0.1, 0.15) is 59.2 Å². The van der Waals surface area contributed by atoms with Crippen LogP contribution < -0.4 is 5.32 Å². The minimum atomic E-state index is 0.344. The van der Waals surface area contributed by atoms with Gasteiger partial charge in [0.05, 0.1) is 12.6 Å². The van der Waals surface area contributed by atoms with Gasteiger partial charge in [-0.3, -0.25) is 0 Å². The first kappa shape index (κ1) is 12.5. The molecule has 4 rings (SSSR count). The molecule has 0 aliphatic heterocycles. The molecule has 2 saturated carbocycles. The quantitative estimate of drug-likeness (QED) is 0.886. The van der Waals surface area contributed by atoms with Gasteiger partial charge in [0.15, 0.2) is 5.82 Å². The van der Waals surface area contributed by atoms with Crippen LogP contribution >= 0.6 is 11.3 Å². The number of nitrogens with one attached hydrogen (secondary N) is 1. The Hall–Kier alpha value is -1.27. The molecule has 2 fully saturated rings. The van der Waals surface area contributed by atoms with Crippen LogP contribution in [0.3, 0.4) is 0 Å². The van der Waals surface area contributed by atoms with Crippen LogP contribution in [0.2, 0.25) is 0 Å². The molecule has 6 heteroatoms. The average molecular weight is 290 g/mol. The lowest BCUT2D eigenvalue weighted by molar-refractivity contribution is 0.369. The van der Waals surface area contributed by atoms with Gasteiger partial charge in [-0.05, 0) is 38.5 Å². The Labute approximate surface area is 121 Å². The van der Waals surface area contributed by atoms with Crippen molar-refractivity contribution >= 4 is 11.3 Å². The molecular weight excluding hydrogens is 272 g/mol. The van der Waals surface area contributed by atoms with Crippen molar-refractivity contribution in [2.24, 2.45) is 5.92 Å². The molecule has 2 aliphatic carbocycles. The highest BCUT2D eigenvalue weighted by Gasteiger charge is 2.34. The highest BCUT2D eigenvalue weighted by Crippen LogP contribution is 2.42. The van der Waals surface area contributed by atoms with Gasteiger partial charge < -0.3 is 9.84 Å². The van der Waals surface area contributed by atoms with E-state index < -0.39 is 0 Å². The van der Waals surface area contributed by atoms with Crippen molar-refractivity contribution in [1.82, 2.24) is 20.4 Å². The molecule has 0 aromatic carbocycles. The molecule has 2 aliphatic rings. The van der Waals surface area contributed by atoms with Crippen molar-refractivity contribution in [3.63, 3.8) is 0 Å². The summed E-state index contributed by atoms with van der Waals surface area (Å²) in [6.07, 6.45) is 6.92. The highest BCUT2D eigenvalue weighted by atomic mass is 32.1. The van der Waals surface area contributed by atoms with E-state index in [-0.39, 0.29) is 0 Å². The second-order valence-electron chi connectivity index (χ2n) is 5.83. The first-order valence-corrected chi connectivity index (χ1v) is 8.09. The third kappa shape index (κ3) is 2.62. The Kier molecular flexibility index (Phi) is 3.07. The largest absolute Gasteiger partial charge is 0.339 e. The van der Waals surface area contributed by atoms with E-state index in [9.17, 15) is 0 Å². The minimum absolute atomic E-state index is 0.344. The Morgan fingerprint density at radius 2 is 2.25 bits per heavy atom. The predicted octanol–water partition coefficient (Wildman–Crippen LogP) is 2.95. The third-order valence-corrected chi connectivity index (χ3v) is 4.88. The molecule has 0 unspecified atom stereocenters. The van der Waals surface area contributed by atoms with Gasteiger partial charge in [0.1, 0.15) is 5.01 Å². The fourth-order valence-electron chi connectivity index (χ4n) is 2.44. The molecule has 2 aromatic rings. The predicted molar refractivity (Wildman–Crippen MR) is 75.4 cm³/mol. The summed E-state index contributed by atoms with van der Waals surface area (Å²) in [6, 6.07) is 0.344. The summed E-state index contributed by atoms with van der Waals surface area (Å²) in [5, 5.41) is 8.82. The van der Waals surface area contributed by atoms with Crippen LogP contribution in [0.25, 0.3) is 0 Å². The topological polar surface area (TPSA) is 63.8 Å². The lowest BCUT2D eigenvalue weighted by Gasteiger charge is -2.14. The normalized spacial score (nSPS) is 20.2. The van der Waals surface area contributed by atoms with Crippen molar-refractivity contribution in [2.45, 2.75) is 51.1 Å². The average Bonchev–Trinajstić information content (AvgIpc) is 3.36. The fraction of sp³-hybridized carbons (Fsp3) is 0.643. The van der Waals surface area contributed by atoms with Crippen LogP contribution in [-0.2, 0) is 6.54 Å². The van der Waals surface area contributed by atoms with E-state index in [4.69, 9.17) is 4.52 Å². The molecule has 5 nitrogen and oxygen atoms in total. The summed E-state index contributed by atoms with van der Waals surface area (Å²) in [5.41, 5.74) is 0. The standard InChI is InChI=1S/C14H18N4OS/c1-8-6-16-14(20-8)12(9-2-3-9)15-7-11-17-13(19-18-11)10-4-5-10/h6,9-10,12,15H,2-5,7H2,1H3/t12-/m0/s1. The first-order chi connectivity index (χ1) is 9.79. The molecule has 0 saturated heterocycles. The van der Waals surface area contributed by atoms with E-state index in [0.717, 1.165) is 17.6 Å². The van der Waals surface area contributed by atoms with E-state index >= 15 is 0 Å². The summed E-state index contributed by atoms with van der Waals surface area (Å²) in [4.78, 5) is 10.3. The van der Waals surface area contributed by atoms with Gasteiger partial charge >= 0.3 is 0 Å². The molecule has 0 spiro atoms. The van der Waals surface area contributed by atoms with Crippen LogP contribution in [-0.4, -0.2) is 15.1 Å². The molecule has 20 heavy (non-hydrogen) atoms. The molecule has 1 atom stereocenters. The number of hydrogen-bond donors (Lipinski definition) is 1. The van der Waals surface area contributed by atoms with Gasteiger partial charge in [-0.2, -0.15) is 4.98 Å². The maximum Gasteiger partial charge on any atom is 0.229 e. The number of thiazole rings is 1. The van der Waals surface area contributed by atoms with Crippen LogP contribution in [0.4, 0.5) is 0 Å². The minimum Gasteiger partial charge on any atom is -0.339 e. The van der Waals surface area contributed by atoms with Crippen molar-refractivity contribution in [2.75, 3.05) is 0 Å². The Bertz CT molecular complexity index is 600. The molecule has 2 aromatic heterocycles. The van der Waals surface area contributed by atoms with E-state index in [1.54, 1.807) is 11.3 Å². The molecule has 2 heterocycles. The number of aryl methyl sites for hydroxylation is 1. The van der Waals surface area contributed by atoms with Gasteiger partial charge in [0, 0.05) is 17.0 Å². The van der Waals surface area contributed by atoms with E-state index in [1.165, 1.54) is 35.6 Å². The van der Waals surface area contributed by atoms with Crippen molar-refractivity contribution < 1.29 is 4.52 Å². The Morgan fingerprint density at radius 3 is 2.90 bits per heavy atom. The van der Waals surface area contributed by atoms with Gasteiger partial charge in [-0.1, -0.05) is 5.16 Å². The van der Waals surface area contributed by atoms with Gasteiger partial charge in [0.25, 0.3) is 0 Å². The van der Waals surface area contributed by atoms with Crippen molar-refractivity contribution in [3.05, 3.63) is 27.8 Å². The fourth-order valence-corrected chi connectivity index (χ4v) is 3.38. The zero-order chi connectivity index (χ0) is 13.5. The lowest BCUT2D eigenvalue weighted by atomic mass is 10.2. The monoisotopic (exact) mass is 290 g/mol. The summed E-state index contributed by atoms with van der Waals surface area (Å²) in [6.45, 7) is 2.77. The lowest BCUT2D eigenvalue weighted by Crippen LogP contribution is -2.23. The van der Waals surface area contributed by atoms with Gasteiger partial charge in [-0.25, -0.2) is 4.98 Å². The molecule has 0 bridgehead atoms. The Morgan fingerprint density at radius 1 is 1.40 bits per heavy atom. The van der Waals surface area contributed by atoms with Gasteiger partial charge in [0.2, 0.25) is 5.89 Å². The van der Waals surface area contributed by atoms with Gasteiger partial charge in [-0.15, -0.1) is 11.3 Å². The number of nitrogens with zero attached hydrogens (tertiary/aromatic N) is 3. The van der Waals surface area contributed by atoms with Crippen LogP contribution in [0, 0.1) is 12.8 Å². The molecular formula is C14H18N4OS. The third-order valence-electron chi connectivity index (χ3n) is 3.89. The summed E-state index contributed by atoms with van der Waals surface area (Å²) >= 11 is 1.78. The maximum atomic E-state index is 5.29. The molecule has 0 radical (unpaired) electrons. The molecule has 0 amide bonds. The smallest absolute Gasteiger partial charge is 0.229 e.